The first-order valence-corrected chi connectivity index (χ1v) is 12.7. The molecule has 4 atom stereocenters. The summed E-state index contributed by atoms with van der Waals surface area (Å²) in [5.41, 5.74) is 1.40. The molecule has 2 fully saturated rings. The molecule has 0 heterocycles. The van der Waals surface area contributed by atoms with Gasteiger partial charge in [0.25, 0.3) is 0 Å². The normalized spacial score (nSPS) is 26.3. The van der Waals surface area contributed by atoms with Crippen molar-refractivity contribution in [3.63, 3.8) is 0 Å². The van der Waals surface area contributed by atoms with Crippen LogP contribution in [0, 0.1) is 23.6 Å². The van der Waals surface area contributed by atoms with Gasteiger partial charge in [-0.2, -0.15) is 0 Å². The molecule has 1 nitrogen and oxygen atoms in total. The minimum Gasteiger partial charge on any atom is -0.486 e. The summed E-state index contributed by atoms with van der Waals surface area (Å²) in [4.78, 5) is 0. The number of hydrogen-bond acceptors (Lipinski definition) is 1. The zero-order chi connectivity index (χ0) is 21.6. The molecule has 168 valence electrons. The fourth-order valence-electron chi connectivity index (χ4n) is 6.12. The van der Waals surface area contributed by atoms with Crippen molar-refractivity contribution in [1.82, 2.24) is 0 Å². The highest BCUT2D eigenvalue weighted by Crippen LogP contribution is 2.48. The fraction of sp³-hybridized carbons (Fsp3) is 0.586. The van der Waals surface area contributed by atoms with Gasteiger partial charge in [-0.1, -0.05) is 75.4 Å². The van der Waals surface area contributed by atoms with Gasteiger partial charge in [0.15, 0.2) is 11.6 Å². The number of fused-ring (bicyclic) bond motifs is 2. The van der Waals surface area contributed by atoms with E-state index in [0.29, 0.717) is 23.7 Å². The number of benzene rings is 2. The van der Waals surface area contributed by atoms with E-state index in [1.165, 1.54) is 69.8 Å². The Hall–Kier alpha value is -1.83. The van der Waals surface area contributed by atoms with Crippen LogP contribution in [0.15, 0.2) is 42.5 Å². The zero-order valence-electron chi connectivity index (χ0n) is 19.4. The Bertz CT molecular complexity index is 886. The standard InChI is InChI=1S/C29H39FO/c1-3-5-7-8-21-9-10-23-19-24(12-11-22(23)18-21)25-13-15-27-26(20-25)14-16-28(29(27)30)31-17-6-4-2/h4,6,13-16,20-24H,3,5,7-12,17-19H2,1-2H3. The van der Waals surface area contributed by atoms with Crippen molar-refractivity contribution >= 4 is 10.8 Å². The van der Waals surface area contributed by atoms with E-state index in [9.17, 15) is 4.39 Å². The third-order valence-electron chi connectivity index (χ3n) is 7.92. The highest BCUT2D eigenvalue weighted by atomic mass is 19.1. The molecule has 0 aliphatic heterocycles. The maximum Gasteiger partial charge on any atom is 0.172 e. The van der Waals surface area contributed by atoms with Gasteiger partial charge in [0.05, 0.1) is 0 Å². The van der Waals surface area contributed by atoms with E-state index in [1.54, 1.807) is 6.07 Å². The molecule has 2 saturated carbocycles. The summed E-state index contributed by atoms with van der Waals surface area (Å²) in [5, 5.41) is 1.66. The summed E-state index contributed by atoms with van der Waals surface area (Å²) in [7, 11) is 0. The molecule has 2 aromatic carbocycles. The van der Waals surface area contributed by atoms with Crippen molar-refractivity contribution in [2.45, 2.75) is 84.0 Å². The van der Waals surface area contributed by atoms with E-state index in [1.807, 2.05) is 31.2 Å². The van der Waals surface area contributed by atoms with Crippen LogP contribution in [0.3, 0.4) is 0 Å². The molecule has 2 aliphatic rings. The molecule has 0 N–H and O–H groups in total. The summed E-state index contributed by atoms with van der Waals surface area (Å²) in [6.07, 6.45) is 17.8. The van der Waals surface area contributed by atoms with Crippen LogP contribution in [0.2, 0.25) is 0 Å². The molecule has 0 radical (unpaired) electrons. The van der Waals surface area contributed by atoms with E-state index in [0.717, 1.165) is 23.1 Å². The Morgan fingerprint density at radius 1 is 1.00 bits per heavy atom. The van der Waals surface area contributed by atoms with E-state index in [4.69, 9.17) is 4.74 Å². The van der Waals surface area contributed by atoms with Crippen LogP contribution in [0.1, 0.15) is 89.5 Å². The Morgan fingerprint density at radius 3 is 2.68 bits per heavy atom. The van der Waals surface area contributed by atoms with E-state index in [-0.39, 0.29) is 5.82 Å². The van der Waals surface area contributed by atoms with Crippen molar-refractivity contribution in [1.29, 1.82) is 0 Å². The first-order valence-electron chi connectivity index (χ1n) is 12.7. The lowest BCUT2D eigenvalue weighted by Gasteiger charge is -2.42. The molecule has 2 aliphatic carbocycles. The number of rotatable bonds is 8. The number of ether oxygens (including phenoxy) is 1. The SMILES string of the molecule is CC=CCOc1ccc2cc(C3CCC4CC(CCCCC)CCC4C3)ccc2c1F. The van der Waals surface area contributed by atoms with Crippen LogP contribution < -0.4 is 4.74 Å². The number of hydrogen-bond donors (Lipinski definition) is 0. The predicted octanol–water partition coefficient (Wildman–Crippen LogP) is 8.81. The third kappa shape index (κ3) is 5.33. The molecule has 0 spiro atoms. The Balaban J connectivity index is 1.40. The Morgan fingerprint density at radius 2 is 1.84 bits per heavy atom. The van der Waals surface area contributed by atoms with Crippen molar-refractivity contribution in [2.24, 2.45) is 17.8 Å². The lowest BCUT2D eigenvalue weighted by molar-refractivity contribution is 0.113. The average Bonchev–Trinajstić information content (AvgIpc) is 2.80. The van der Waals surface area contributed by atoms with Crippen LogP contribution in [0.4, 0.5) is 4.39 Å². The second kappa shape index (κ2) is 10.7. The molecule has 2 heteroatoms. The predicted molar refractivity (Wildman–Crippen MR) is 129 cm³/mol. The second-order valence-corrected chi connectivity index (χ2v) is 9.94. The molecule has 2 aromatic rings. The minimum absolute atomic E-state index is 0.237. The lowest BCUT2D eigenvalue weighted by Crippen LogP contribution is -2.30. The minimum atomic E-state index is -0.237. The number of allylic oxidation sites excluding steroid dienone is 1. The third-order valence-corrected chi connectivity index (χ3v) is 7.92. The van der Waals surface area contributed by atoms with Gasteiger partial charge in [0.1, 0.15) is 6.61 Å². The van der Waals surface area contributed by atoms with Crippen LogP contribution in [-0.2, 0) is 0 Å². The highest BCUT2D eigenvalue weighted by molar-refractivity contribution is 5.85. The van der Waals surface area contributed by atoms with E-state index >= 15 is 0 Å². The van der Waals surface area contributed by atoms with Gasteiger partial charge >= 0.3 is 0 Å². The van der Waals surface area contributed by atoms with Gasteiger partial charge in [-0.15, -0.1) is 0 Å². The molecule has 31 heavy (non-hydrogen) atoms. The molecule has 4 unspecified atom stereocenters. The summed E-state index contributed by atoms with van der Waals surface area (Å²) < 4.78 is 20.5. The first-order chi connectivity index (χ1) is 15.2. The summed E-state index contributed by atoms with van der Waals surface area (Å²) in [5.74, 6) is 3.57. The van der Waals surface area contributed by atoms with Crippen LogP contribution in [0.5, 0.6) is 5.75 Å². The zero-order valence-corrected chi connectivity index (χ0v) is 19.4. The molecule has 0 amide bonds. The topological polar surface area (TPSA) is 9.23 Å². The molecule has 0 aromatic heterocycles. The average molecular weight is 423 g/mol. The van der Waals surface area contributed by atoms with E-state index in [2.05, 4.69) is 19.1 Å². The van der Waals surface area contributed by atoms with Gasteiger partial charge < -0.3 is 4.74 Å². The smallest absolute Gasteiger partial charge is 0.172 e. The Labute approximate surface area is 188 Å². The summed E-state index contributed by atoms with van der Waals surface area (Å²) in [6.45, 7) is 4.65. The van der Waals surface area contributed by atoms with Gasteiger partial charge in [0, 0.05) is 5.39 Å². The van der Waals surface area contributed by atoms with Crippen LogP contribution >= 0.6 is 0 Å². The molecule has 0 saturated heterocycles. The van der Waals surface area contributed by atoms with Gasteiger partial charge in [-0.3, -0.25) is 0 Å². The van der Waals surface area contributed by atoms with Crippen molar-refractivity contribution < 1.29 is 9.13 Å². The lowest BCUT2D eigenvalue weighted by atomic mass is 9.63. The highest BCUT2D eigenvalue weighted by Gasteiger charge is 2.35. The quantitative estimate of drug-likeness (QED) is 0.305. The maximum atomic E-state index is 14.9. The van der Waals surface area contributed by atoms with Gasteiger partial charge in [-0.25, -0.2) is 4.39 Å². The van der Waals surface area contributed by atoms with Crippen molar-refractivity contribution in [3.05, 3.63) is 53.9 Å². The van der Waals surface area contributed by atoms with Gasteiger partial charge in [-0.05, 0) is 79.7 Å². The number of unbranched alkanes of at least 4 members (excludes halogenated alkanes) is 2. The van der Waals surface area contributed by atoms with E-state index < -0.39 is 0 Å². The van der Waals surface area contributed by atoms with Gasteiger partial charge in [0.2, 0.25) is 0 Å². The van der Waals surface area contributed by atoms with Crippen LogP contribution in [0.25, 0.3) is 10.8 Å². The van der Waals surface area contributed by atoms with Crippen molar-refractivity contribution in [2.75, 3.05) is 6.61 Å². The summed E-state index contributed by atoms with van der Waals surface area (Å²) in [6, 6.07) is 10.2. The fourth-order valence-corrected chi connectivity index (χ4v) is 6.12. The van der Waals surface area contributed by atoms with Crippen LogP contribution in [-0.4, -0.2) is 6.61 Å². The van der Waals surface area contributed by atoms with Crippen molar-refractivity contribution in [3.8, 4) is 5.75 Å². The maximum absolute atomic E-state index is 14.9. The first kappa shape index (κ1) is 22.4. The largest absolute Gasteiger partial charge is 0.486 e. The molecular weight excluding hydrogens is 383 g/mol. The second-order valence-electron chi connectivity index (χ2n) is 9.94. The number of halogens is 1. The summed E-state index contributed by atoms with van der Waals surface area (Å²) >= 11 is 0. The molecule has 0 bridgehead atoms. The Kier molecular flexibility index (Phi) is 7.69. The monoisotopic (exact) mass is 422 g/mol. The molecule has 4 rings (SSSR count). The molecular formula is C29H39FO.